The molecule has 2 aromatic carbocycles. The van der Waals surface area contributed by atoms with E-state index in [1.165, 1.54) is 16.3 Å². The first-order chi connectivity index (χ1) is 12.7. The highest BCUT2D eigenvalue weighted by Gasteiger charge is 2.38. The molecule has 2 amide bonds. The van der Waals surface area contributed by atoms with Crippen LogP contribution in [0.1, 0.15) is 44.1 Å². The topological polar surface area (TPSA) is 49.4 Å². The second-order valence-corrected chi connectivity index (χ2v) is 7.73. The van der Waals surface area contributed by atoms with Gasteiger partial charge in [0.15, 0.2) is 0 Å². The van der Waals surface area contributed by atoms with E-state index in [0.29, 0.717) is 12.8 Å². The van der Waals surface area contributed by atoms with Gasteiger partial charge >= 0.3 is 0 Å². The zero-order valence-corrected chi connectivity index (χ0v) is 15.2. The predicted molar refractivity (Wildman–Crippen MR) is 103 cm³/mol. The first kappa shape index (κ1) is 17.1. The fourth-order valence-corrected chi connectivity index (χ4v) is 4.46. The molecule has 4 heteroatoms. The van der Waals surface area contributed by atoms with Crippen molar-refractivity contribution in [2.24, 2.45) is 0 Å². The monoisotopic (exact) mass is 350 g/mol. The first-order valence-electron chi connectivity index (χ1n) is 9.71. The smallest absolute Gasteiger partial charge is 0.222 e. The number of nitrogens with one attached hydrogen (secondary N) is 1. The molecule has 0 radical (unpaired) electrons. The lowest BCUT2D eigenvalue weighted by atomic mass is 9.83. The molecule has 2 aromatic rings. The summed E-state index contributed by atoms with van der Waals surface area (Å²) >= 11 is 0. The Morgan fingerprint density at radius 2 is 1.85 bits per heavy atom. The van der Waals surface area contributed by atoms with Crippen LogP contribution in [0.25, 0.3) is 10.8 Å². The van der Waals surface area contributed by atoms with Crippen LogP contribution < -0.4 is 5.32 Å². The SMILES string of the molecule is O=C1CCC(CCC(=O)N2CCCC2)(Cc2cccc3ccccc23)N1. The maximum Gasteiger partial charge on any atom is 0.222 e. The van der Waals surface area contributed by atoms with E-state index < -0.39 is 0 Å². The highest BCUT2D eigenvalue weighted by atomic mass is 16.2. The molecule has 0 aliphatic carbocycles. The molecule has 0 bridgehead atoms. The number of fused-ring (bicyclic) bond motifs is 1. The Balaban J connectivity index is 1.54. The van der Waals surface area contributed by atoms with E-state index in [4.69, 9.17) is 0 Å². The van der Waals surface area contributed by atoms with Gasteiger partial charge in [-0.2, -0.15) is 0 Å². The van der Waals surface area contributed by atoms with Gasteiger partial charge in [-0.3, -0.25) is 9.59 Å². The fourth-order valence-electron chi connectivity index (χ4n) is 4.46. The summed E-state index contributed by atoms with van der Waals surface area (Å²) in [6.45, 7) is 1.78. The lowest BCUT2D eigenvalue weighted by Crippen LogP contribution is -2.44. The molecule has 1 N–H and O–H groups in total. The van der Waals surface area contributed by atoms with Gasteiger partial charge in [-0.1, -0.05) is 42.5 Å². The van der Waals surface area contributed by atoms with Crippen LogP contribution in [0.5, 0.6) is 0 Å². The van der Waals surface area contributed by atoms with Crippen molar-refractivity contribution in [3.8, 4) is 0 Å². The molecule has 0 spiro atoms. The van der Waals surface area contributed by atoms with Gasteiger partial charge in [0.2, 0.25) is 11.8 Å². The zero-order chi connectivity index (χ0) is 18.0. The van der Waals surface area contributed by atoms with Gasteiger partial charge in [-0.25, -0.2) is 0 Å². The van der Waals surface area contributed by atoms with Gasteiger partial charge in [-0.15, -0.1) is 0 Å². The Kier molecular flexibility index (Phi) is 4.66. The molecule has 2 aliphatic rings. The van der Waals surface area contributed by atoms with E-state index in [1.807, 2.05) is 11.0 Å². The summed E-state index contributed by atoms with van der Waals surface area (Å²) < 4.78 is 0. The second-order valence-electron chi connectivity index (χ2n) is 7.73. The van der Waals surface area contributed by atoms with E-state index in [2.05, 4.69) is 41.7 Å². The lowest BCUT2D eigenvalue weighted by Gasteiger charge is -2.30. The third-order valence-electron chi connectivity index (χ3n) is 5.92. The number of rotatable bonds is 5. The van der Waals surface area contributed by atoms with Crippen molar-refractivity contribution < 1.29 is 9.59 Å². The van der Waals surface area contributed by atoms with Crippen LogP contribution >= 0.6 is 0 Å². The number of benzene rings is 2. The summed E-state index contributed by atoms with van der Waals surface area (Å²) in [6, 6.07) is 14.7. The zero-order valence-electron chi connectivity index (χ0n) is 15.2. The van der Waals surface area contributed by atoms with E-state index in [-0.39, 0.29) is 17.4 Å². The summed E-state index contributed by atoms with van der Waals surface area (Å²) in [5, 5.41) is 5.67. The molecule has 136 valence electrons. The first-order valence-corrected chi connectivity index (χ1v) is 9.71. The number of nitrogens with zero attached hydrogens (tertiary/aromatic N) is 1. The molecular formula is C22H26N2O2. The average Bonchev–Trinajstić information content (AvgIpc) is 3.31. The van der Waals surface area contributed by atoms with Crippen molar-refractivity contribution in [1.29, 1.82) is 0 Å². The molecule has 4 rings (SSSR count). The lowest BCUT2D eigenvalue weighted by molar-refractivity contribution is -0.130. The van der Waals surface area contributed by atoms with E-state index in [0.717, 1.165) is 45.2 Å². The third-order valence-corrected chi connectivity index (χ3v) is 5.92. The molecule has 4 nitrogen and oxygen atoms in total. The minimum absolute atomic E-state index is 0.110. The van der Waals surface area contributed by atoms with Gasteiger partial charge in [0.1, 0.15) is 0 Å². The van der Waals surface area contributed by atoms with E-state index >= 15 is 0 Å². The molecule has 1 unspecified atom stereocenters. The minimum Gasteiger partial charge on any atom is -0.350 e. The Morgan fingerprint density at radius 3 is 2.62 bits per heavy atom. The van der Waals surface area contributed by atoms with Crippen LogP contribution in [0.4, 0.5) is 0 Å². The van der Waals surface area contributed by atoms with Crippen LogP contribution in [-0.4, -0.2) is 35.3 Å². The maximum atomic E-state index is 12.5. The van der Waals surface area contributed by atoms with Crippen LogP contribution in [-0.2, 0) is 16.0 Å². The number of carbonyl (C=O) groups is 2. The number of hydrogen-bond acceptors (Lipinski definition) is 2. The molecule has 26 heavy (non-hydrogen) atoms. The van der Waals surface area contributed by atoms with Crippen molar-refractivity contribution >= 4 is 22.6 Å². The second kappa shape index (κ2) is 7.10. The molecular weight excluding hydrogens is 324 g/mol. The molecule has 1 atom stereocenters. The number of likely N-dealkylation sites (tertiary alicyclic amines) is 1. The Morgan fingerprint density at radius 1 is 1.08 bits per heavy atom. The van der Waals surface area contributed by atoms with Crippen LogP contribution in [0.15, 0.2) is 42.5 Å². The van der Waals surface area contributed by atoms with E-state index in [9.17, 15) is 9.59 Å². The molecule has 2 heterocycles. The van der Waals surface area contributed by atoms with Gasteiger partial charge in [-0.05, 0) is 48.4 Å². The van der Waals surface area contributed by atoms with Crippen LogP contribution in [0, 0.1) is 0 Å². The summed E-state index contributed by atoms with van der Waals surface area (Å²) in [5.74, 6) is 0.347. The Bertz CT molecular complexity index is 821. The standard InChI is InChI=1S/C22H26N2O2/c25-20-10-12-22(23-20,13-11-21(26)24-14-3-4-15-24)16-18-8-5-7-17-6-1-2-9-19(17)18/h1-2,5-9H,3-4,10-16H2,(H,23,25). The van der Waals surface area contributed by atoms with Crippen molar-refractivity contribution in [2.75, 3.05) is 13.1 Å². The maximum absolute atomic E-state index is 12.5. The predicted octanol–water partition coefficient (Wildman–Crippen LogP) is 3.43. The third kappa shape index (κ3) is 3.46. The molecule has 2 aliphatic heterocycles. The largest absolute Gasteiger partial charge is 0.350 e. The van der Waals surface area contributed by atoms with E-state index in [1.54, 1.807) is 0 Å². The van der Waals surface area contributed by atoms with Gasteiger partial charge in [0.25, 0.3) is 0 Å². The average molecular weight is 350 g/mol. The number of amides is 2. The number of hydrogen-bond donors (Lipinski definition) is 1. The Hall–Kier alpha value is -2.36. The van der Waals surface area contributed by atoms with Crippen molar-refractivity contribution in [3.63, 3.8) is 0 Å². The van der Waals surface area contributed by atoms with Crippen molar-refractivity contribution in [2.45, 2.75) is 50.5 Å². The summed E-state index contributed by atoms with van der Waals surface area (Å²) in [4.78, 5) is 26.5. The number of carbonyl (C=O) groups excluding carboxylic acids is 2. The normalized spacial score (nSPS) is 22.8. The molecule has 0 saturated carbocycles. The van der Waals surface area contributed by atoms with Crippen molar-refractivity contribution in [3.05, 3.63) is 48.0 Å². The summed E-state index contributed by atoms with van der Waals surface area (Å²) in [6.07, 6.45) is 5.62. The highest BCUT2D eigenvalue weighted by Crippen LogP contribution is 2.32. The minimum atomic E-state index is -0.295. The summed E-state index contributed by atoms with van der Waals surface area (Å²) in [7, 11) is 0. The molecule has 2 saturated heterocycles. The van der Waals surface area contributed by atoms with Crippen LogP contribution in [0.3, 0.4) is 0 Å². The molecule has 2 fully saturated rings. The van der Waals surface area contributed by atoms with Gasteiger partial charge in [0, 0.05) is 31.5 Å². The quantitative estimate of drug-likeness (QED) is 0.898. The molecule has 0 aromatic heterocycles. The van der Waals surface area contributed by atoms with Crippen LogP contribution in [0.2, 0.25) is 0 Å². The summed E-state index contributed by atoms with van der Waals surface area (Å²) in [5.41, 5.74) is 0.954. The Labute approximate surface area is 154 Å². The van der Waals surface area contributed by atoms with Gasteiger partial charge < -0.3 is 10.2 Å². The van der Waals surface area contributed by atoms with Crippen molar-refractivity contribution in [1.82, 2.24) is 10.2 Å². The fraction of sp³-hybridized carbons (Fsp3) is 0.455. The van der Waals surface area contributed by atoms with Gasteiger partial charge in [0.05, 0.1) is 0 Å². The highest BCUT2D eigenvalue weighted by molar-refractivity contribution is 5.86.